The number of hydrogen-bond acceptors (Lipinski definition) is 3. The van der Waals surface area contributed by atoms with Crippen molar-refractivity contribution in [2.24, 2.45) is 0 Å². The van der Waals surface area contributed by atoms with E-state index in [0.717, 1.165) is 24.7 Å². The molecule has 22 heavy (non-hydrogen) atoms. The van der Waals surface area contributed by atoms with Crippen LogP contribution in [0, 0.1) is 17.5 Å². The Morgan fingerprint density at radius 1 is 1.14 bits per heavy atom. The molecule has 2 heterocycles. The highest BCUT2D eigenvalue weighted by molar-refractivity contribution is 7.08. The van der Waals surface area contributed by atoms with Crippen LogP contribution in [0.15, 0.2) is 29.0 Å². The normalized spacial score (nSPS) is 17.0. The standard InChI is InChI=1S/C15H15F3N2S.ClH/c16-11-7-12(14(18)13(17)8-11)15(10-1-6-21-9-10)20-4-2-19-3-5-20;/h1,6-9,15,19H,2-5H2;1H/t15-;/m0./s1. The molecule has 1 atom stereocenters. The summed E-state index contributed by atoms with van der Waals surface area (Å²) in [6.45, 7) is 2.97. The van der Waals surface area contributed by atoms with Gasteiger partial charge in [0.25, 0.3) is 0 Å². The number of hydrogen-bond donors (Lipinski definition) is 1. The second-order valence-corrected chi connectivity index (χ2v) is 5.82. The third-order valence-electron chi connectivity index (χ3n) is 3.69. The SMILES string of the molecule is Cl.Fc1cc(F)c(F)c([C@H](c2ccsc2)N2CCNCC2)c1. The highest BCUT2D eigenvalue weighted by atomic mass is 35.5. The first-order valence-electron chi connectivity index (χ1n) is 6.78. The largest absolute Gasteiger partial charge is 0.314 e. The van der Waals surface area contributed by atoms with E-state index in [2.05, 4.69) is 10.2 Å². The van der Waals surface area contributed by atoms with Gasteiger partial charge in [-0.05, 0) is 28.5 Å². The summed E-state index contributed by atoms with van der Waals surface area (Å²) in [6.07, 6.45) is 0. The minimum absolute atomic E-state index is 0. The fourth-order valence-electron chi connectivity index (χ4n) is 2.73. The molecule has 1 N–H and O–H groups in total. The summed E-state index contributed by atoms with van der Waals surface area (Å²) in [6, 6.07) is 3.10. The number of thiophene rings is 1. The molecule has 0 spiro atoms. The summed E-state index contributed by atoms with van der Waals surface area (Å²) in [5, 5.41) is 7.01. The van der Waals surface area contributed by atoms with Crippen molar-refractivity contribution >= 4 is 23.7 Å². The number of halogens is 4. The van der Waals surface area contributed by atoms with Crippen LogP contribution in [0.3, 0.4) is 0 Å². The van der Waals surface area contributed by atoms with Gasteiger partial charge in [0.1, 0.15) is 5.82 Å². The molecule has 1 fully saturated rings. The number of nitrogens with zero attached hydrogens (tertiary/aromatic N) is 1. The Balaban J connectivity index is 0.00000176. The molecule has 120 valence electrons. The molecule has 1 aromatic heterocycles. The van der Waals surface area contributed by atoms with Gasteiger partial charge in [-0.2, -0.15) is 11.3 Å². The maximum Gasteiger partial charge on any atom is 0.164 e. The molecule has 0 aliphatic carbocycles. The first kappa shape index (κ1) is 17.3. The highest BCUT2D eigenvalue weighted by Crippen LogP contribution is 2.33. The maximum atomic E-state index is 14.2. The van der Waals surface area contributed by atoms with Crippen molar-refractivity contribution in [3.63, 3.8) is 0 Å². The second-order valence-electron chi connectivity index (χ2n) is 5.04. The maximum absolute atomic E-state index is 14.2. The van der Waals surface area contributed by atoms with Crippen LogP contribution in [0.1, 0.15) is 17.2 Å². The predicted molar refractivity (Wildman–Crippen MR) is 84.2 cm³/mol. The molecule has 2 aromatic rings. The summed E-state index contributed by atoms with van der Waals surface area (Å²) in [5.41, 5.74) is 0.929. The van der Waals surface area contributed by atoms with Crippen molar-refractivity contribution in [1.29, 1.82) is 0 Å². The molecule has 0 bridgehead atoms. The zero-order valence-corrected chi connectivity index (χ0v) is 13.3. The van der Waals surface area contributed by atoms with Gasteiger partial charge in [-0.3, -0.25) is 4.90 Å². The third kappa shape index (κ3) is 3.46. The molecule has 1 aliphatic rings. The summed E-state index contributed by atoms with van der Waals surface area (Å²) < 4.78 is 41.3. The van der Waals surface area contributed by atoms with E-state index in [1.54, 1.807) is 0 Å². The summed E-state index contributed by atoms with van der Waals surface area (Å²) in [4.78, 5) is 2.05. The topological polar surface area (TPSA) is 15.3 Å². The van der Waals surface area contributed by atoms with Gasteiger partial charge in [0.2, 0.25) is 0 Å². The molecule has 0 saturated carbocycles. The Kier molecular flexibility index (Phi) is 5.86. The van der Waals surface area contributed by atoms with E-state index < -0.39 is 23.5 Å². The number of benzene rings is 1. The first-order chi connectivity index (χ1) is 10.2. The molecule has 1 aromatic carbocycles. The highest BCUT2D eigenvalue weighted by Gasteiger charge is 2.28. The van der Waals surface area contributed by atoms with E-state index >= 15 is 0 Å². The molecule has 7 heteroatoms. The van der Waals surface area contributed by atoms with Gasteiger partial charge >= 0.3 is 0 Å². The van der Waals surface area contributed by atoms with Crippen molar-refractivity contribution < 1.29 is 13.2 Å². The van der Waals surface area contributed by atoms with Gasteiger partial charge in [-0.1, -0.05) is 0 Å². The van der Waals surface area contributed by atoms with Crippen molar-refractivity contribution in [3.05, 3.63) is 57.5 Å². The summed E-state index contributed by atoms with van der Waals surface area (Å²) >= 11 is 1.49. The van der Waals surface area contributed by atoms with Gasteiger partial charge in [0, 0.05) is 37.8 Å². The second kappa shape index (κ2) is 7.46. The van der Waals surface area contributed by atoms with E-state index in [4.69, 9.17) is 0 Å². The van der Waals surface area contributed by atoms with Crippen LogP contribution in [0.4, 0.5) is 13.2 Å². The van der Waals surface area contributed by atoms with E-state index in [9.17, 15) is 13.2 Å². The molecular formula is C15H16ClF3N2S. The molecule has 0 unspecified atom stereocenters. The Morgan fingerprint density at radius 3 is 2.50 bits per heavy atom. The van der Waals surface area contributed by atoms with Gasteiger partial charge in [0.15, 0.2) is 11.6 Å². The lowest BCUT2D eigenvalue weighted by atomic mass is 9.98. The molecular weight excluding hydrogens is 333 g/mol. The zero-order chi connectivity index (χ0) is 14.8. The number of rotatable bonds is 3. The van der Waals surface area contributed by atoms with Crippen LogP contribution in [-0.4, -0.2) is 31.1 Å². The smallest absolute Gasteiger partial charge is 0.164 e. The van der Waals surface area contributed by atoms with Crippen LogP contribution < -0.4 is 5.32 Å². The molecule has 1 aliphatic heterocycles. The molecule has 0 radical (unpaired) electrons. The quantitative estimate of drug-likeness (QED) is 0.853. The molecule has 2 nitrogen and oxygen atoms in total. The lowest BCUT2D eigenvalue weighted by Gasteiger charge is -2.35. The first-order valence-corrected chi connectivity index (χ1v) is 7.72. The van der Waals surface area contributed by atoms with E-state index in [-0.39, 0.29) is 18.0 Å². The summed E-state index contributed by atoms with van der Waals surface area (Å²) in [5.74, 6) is -2.86. The van der Waals surface area contributed by atoms with Crippen molar-refractivity contribution in [2.45, 2.75) is 6.04 Å². The Hall–Kier alpha value is -1.08. The summed E-state index contributed by atoms with van der Waals surface area (Å²) in [7, 11) is 0. The van der Waals surface area contributed by atoms with E-state index in [1.807, 2.05) is 16.8 Å². The molecule has 0 amide bonds. The van der Waals surface area contributed by atoms with E-state index in [1.165, 1.54) is 11.3 Å². The van der Waals surface area contributed by atoms with Crippen LogP contribution >= 0.6 is 23.7 Å². The van der Waals surface area contributed by atoms with Crippen molar-refractivity contribution in [2.75, 3.05) is 26.2 Å². The predicted octanol–water partition coefficient (Wildman–Crippen LogP) is 3.58. The fraction of sp³-hybridized carbons (Fsp3) is 0.333. The fourth-order valence-corrected chi connectivity index (χ4v) is 3.41. The Bertz CT molecular complexity index is 616. The molecule has 3 rings (SSSR count). The van der Waals surface area contributed by atoms with Crippen molar-refractivity contribution in [3.8, 4) is 0 Å². The third-order valence-corrected chi connectivity index (χ3v) is 4.39. The average Bonchev–Trinajstić information content (AvgIpc) is 2.99. The lowest BCUT2D eigenvalue weighted by Crippen LogP contribution is -2.45. The zero-order valence-electron chi connectivity index (χ0n) is 11.7. The van der Waals surface area contributed by atoms with Crippen LogP contribution in [-0.2, 0) is 0 Å². The van der Waals surface area contributed by atoms with Gasteiger partial charge in [0.05, 0.1) is 6.04 Å². The monoisotopic (exact) mass is 348 g/mol. The number of nitrogens with one attached hydrogen (secondary N) is 1. The Labute approximate surface area is 137 Å². The minimum Gasteiger partial charge on any atom is -0.314 e. The average molecular weight is 349 g/mol. The van der Waals surface area contributed by atoms with Gasteiger partial charge in [-0.25, -0.2) is 13.2 Å². The minimum atomic E-state index is -1.14. The number of piperazine rings is 1. The molecule has 1 saturated heterocycles. The lowest BCUT2D eigenvalue weighted by molar-refractivity contribution is 0.194. The van der Waals surface area contributed by atoms with Gasteiger partial charge < -0.3 is 5.32 Å². The van der Waals surface area contributed by atoms with Crippen LogP contribution in [0.2, 0.25) is 0 Å². The Morgan fingerprint density at radius 2 is 1.86 bits per heavy atom. The van der Waals surface area contributed by atoms with Crippen LogP contribution in [0.25, 0.3) is 0 Å². The van der Waals surface area contributed by atoms with Crippen LogP contribution in [0.5, 0.6) is 0 Å². The van der Waals surface area contributed by atoms with Crippen molar-refractivity contribution in [1.82, 2.24) is 10.2 Å². The van der Waals surface area contributed by atoms with E-state index in [0.29, 0.717) is 19.2 Å². The van der Waals surface area contributed by atoms with Gasteiger partial charge in [-0.15, -0.1) is 12.4 Å².